The quantitative estimate of drug-likeness (QED) is 0.288. The number of aromatic nitrogens is 2. The molecule has 0 unspecified atom stereocenters. The van der Waals surface area contributed by atoms with Crippen LogP contribution in [-0.4, -0.2) is 34.9 Å². The van der Waals surface area contributed by atoms with E-state index in [0.29, 0.717) is 22.6 Å². The number of nitrogens with one attached hydrogen (secondary N) is 1. The van der Waals surface area contributed by atoms with Gasteiger partial charge in [-0.1, -0.05) is 55.1 Å². The Kier molecular flexibility index (Phi) is 7.65. The molecular formula is C27H27N3O3S. The lowest BCUT2D eigenvalue weighted by Gasteiger charge is -2.13. The van der Waals surface area contributed by atoms with Crippen LogP contribution in [0.4, 0.5) is 0 Å². The highest BCUT2D eigenvalue weighted by molar-refractivity contribution is 7.99. The monoisotopic (exact) mass is 473 g/mol. The van der Waals surface area contributed by atoms with Crippen molar-refractivity contribution >= 4 is 28.6 Å². The molecular weight excluding hydrogens is 446 g/mol. The Morgan fingerprint density at radius 2 is 1.71 bits per heavy atom. The SMILES string of the molecule is CCc1ccc(-n2c(SCC(=O)NCCc3ccc(OC)cc3)nc3ccccc3c2=O)cc1. The van der Waals surface area contributed by atoms with Crippen molar-refractivity contribution in [3.63, 3.8) is 0 Å². The van der Waals surface area contributed by atoms with Gasteiger partial charge in [0.15, 0.2) is 5.16 Å². The summed E-state index contributed by atoms with van der Waals surface area (Å²) in [4.78, 5) is 30.5. The first-order chi connectivity index (χ1) is 16.6. The summed E-state index contributed by atoms with van der Waals surface area (Å²) in [7, 11) is 1.64. The minimum atomic E-state index is -0.141. The fourth-order valence-electron chi connectivity index (χ4n) is 3.64. The number of carbonyl (C=O) groups excluding carboxylic acids is 1. The van der Waals surface area contributed by atoms with Gasteiger partial charge >= 0.3 is 0 Å². The summed E-state index contributed by atoms with van der Waals surface area (Å²) in [5, 5.41) is 4.00. The van der Waals surface area contributed by atoms with Crippen LogP contribution < -0.4 is 15.6 Å². The van der Waals surface area contributed by atoms with Crippen molar-refractivity contribution in [1.82, 2.24) is 14.9 Å². The van der Waals surface area contributed by atoms with Crippen LogP contribution >= 0.6 is 11.8 Å². The number of rotatable bonds is 9. The Morgan fingerprint density at radius 3 is 2.41 bits per heavy atom. The molecule has 0 saturated carbocycles. The number of hydrogen-bond acceptors (Lipinski definition) is 5. The highest BCUT2D eigenvalue weighted by Crippen LogP contribution is 2.21. The fourth-order valence-corrected chi connectivity index (χ4v) is 4.48. The molecule has 0 fully saturated rings. The van der Waals surface area contributed by atoms with Gasteiger partial charge in [0.05, 0.1) is 29.5 Å². The molecule has 0 aliphatic carbocycles. The standard InChI is InChI=1S/C27H27N3O3S/c1-3-19-8-12-21(13-9-19)30-26(32)23-6-4-5-7-24(23)29-27(30)34-18-25(31)28-17-16-20-10-14-22(33-2)15-11-20/h4-15H,3,16-18H2,1-2H3,(H,28,31). The molecule has 0 radical (unpaired) electrons. The lowest BCUT2D eigenvalue weighted by Crippen LogP contribution is -2.28. The second kappa shape index (κ2) is 11.0. The molecule has 7 heteroatoms. The zero-order chi connectivity index (χ0) is 23.9. The van der Waals surface area contributed by atoms with E-state index in [1.54, 1.807) is 17.7 Å². The van der Waals surface area contributed by atoms with Crippen molar-refractivity contribution in [2.45, 2.75) is 24.9 Å². The summed E-state index contributed by atoms with van der Waals surface area (Å²) in [6, 6.07) is 23.0. The lowest BCUT2D eigenvalue weighted by atomic mass is 10.1. The molecule has 1 amide bonds. The first-order valence-corrected chi connectivity index (χ1v) is 12.2. The van der Waals surface area contributed by atoms with Crippen molar-refractivity contribution in [3.05, 3.63) is 94.3 Å². The van der Waals surface area contributed by atoms with Gasteiger partial charge in [-0.25, -0.2) is 4.98 Å². The number of para-hydroxylation sites is 1. The third kappa shape index (κ3) is 5.48. The van der Waals surface area contributed by atoms with E-state index in [1.165, 1.54) is 17.3 Å². The zero-order valence-electron chi connectivity index (χ0n) is 19.3. The van der Waals surface area contributed by atoms with Crippen molar-refractivity contribution < 1.29 is 9.53 Å². The molecule has 1 N–H and O–H groups in total. The van der Waals surface area contributed by atoms with Crippen LogP contribution in [0.1, 0.15) is 18.1 Å². The van der Waals surface area contributed by atoms with Crippen LogP contribution in [0.3, 0.4) is 0 Å². The van der Waals surface area contributed by atoms with Gasteiger partial charge in [-0.3, -0.25) is 14.2 Å². The Hall–Kier alpha value is -3.58. The highest BCUT2D eigenvalue weighted by atomic mass is 32.2. The average Bonchev–Trinajstić information content (AvgIpc) is 2.88. The van der Waals surface area contributed by atoms with E-state index in [4.69, 9.17) is 9.72 Å². The van der Waals surface area contributed by atoms with Crippen LogP contribution in [0, 0.1) is 0 Å². The number of hydrogen-bond donors (Lipinski definition) is 1. The summed E-state index contributed by atoms with van der Waals surface area (Å²) in [5.41, 5.74) is 3.53. The molecule has 4 aromatic rings. The maximum atomic E-state index is 13.3. The molecule has 1 aromatic heterocycles. The van der Waals surface area contributed by atoms with E-state index in [1.807, 2.05) is 66.7 Å². The molecule has 0 spiro atoms. The van der Waals surface area contributed by atoms with Crippen molar-refractivity contribution in [2.24, 2.45) is 0 Å². The molecule has 0 saturated heterocycles. The van der Waals surface area contributed by atoms with E-state index in [0.717, 1.165) is 29.8 Å². The zero-order valence-corrected chi connectivity index (χ0v) is 20.1. The van der Waals surface area contributed by atoms with Crippen LogP contribution in [-0.2, 0) is 17.6 Å². The van der Waals surface area contributed by atoms with Gasteiger partial charge in [0.25, 0.3) is 5.56 Å². The number of methoxy groups -OCH3 is 1. The molecule has 0 aliphatic heterocycles. The lowest BCUT2D eigenvalue weighted by molar-refractivity contribution is -0.118. The van der Waals surface area contributed by atoms with Gasteiger partial charge < -0.3 is 10.1 Å². The van der Waals surface area contributed by atoms with E-state index in [2.05, 4.69) is 12.2 Å². The van der Waals surface area contributed by atoms with E-state index < -0.39 is 0 Å². The smallest absolute Gasteiger partial charge is 0.266 e. The summed E-state index contributed by atoms with van der Waals surface area (Å²) in [6.07, 6.45) is 1.65. The molecule has 6 nitrogen and oxygen atoms in total. The minimum Gasteiger partial charge on any atom is -0.497 e. The second-order valence-corrected chi connectivity index (χ2v) is 8.75. The average molecular weight is 474 g/mol. The third-order valence-corrected chi connectivity index (χ3v) is 6.51. The van der Waals surface area contributed by atoms with E-state index >= 15 is 0 Å². The van der Waals surface area contributed by atoms with Crippen molar-refractivity contribution in [3.8, 4) is 11.4 Å². The van der Waals surface area contributed by atoms with Crippen LogP contribution in [0.15, 0.2) is 82.7 Å². The Morgan fingerprint density at radius 1 is 1.00 bits per heavy atom. The molecule has 34 heavy (non-hydrogen) atoms. The molecule has 0 aliphatic rings. The summed E-state index contributed by atoms with van der Waals surface area (Å²) in [5.74, 6) is 0.872. The Bertz CT molecular complexity index is 1330. The predicted octanol–water partition coefficient (Wildman–Crippen LogP) is 4.41. The maximum Gasteiger partial charge on any atom is 0.266 e. The Balaban J connectivity index is 1.48. The molecule has 174 valence electrons. The molecule has 4 rings (SSSR count). The van der Waals surface area contributed by atoms with Gasteiger partial charge in [0, 0.05) is 6.54 Å². The molecule has 0 atom stereocenters. The van der Waals surface area contributed by atoms with Gasteiger partial charge in [-0.15, -0.1) is 0 Å². The van der Waals surface area contributed by atoms with Gasteiger partial charge in [0.2, 0.25) is 5.91 Å². The first-order valence-electron chi connectivity index (χ1n) is 11.2. The van der Waals surface area contributed by atoms with Gasteiger partial charge in [-0.05, 0) is 60.4 Å². The number of fused-ring (bicyclic) bond motifs is 1. The molecule has 1 heterocycles. The predicted molar refractivity (Wildman–Crippen MR) is 137 cm³/mol. The number of carbonyl (C=O) groups is 1. The first kappa shape index (κ1) is 23.6. The topological polar surface area (TPSA) is 73.2 Å². The number of nitrogens with zero attached hydrogens (tertiary/aromatic N) is 2. The van der Waals surface area contributed by atoms with Crippen LogP contribution in [0.2, 0.25) is 0 Å². The van der Waals surface area contributed by atoms with Gasteiger partial charge in [-0.2, -0.15) is 0 Å². The largest absolute Gasteiger partial charge is 0.497 e. The number of ether oxygens (including phenoxy) is 1. The molecule has 3 aromatic carbocycles. The van der Waals surface area contributed by atoms with Crippen molar-refractivity contribution in [1.29, 1.82) is 0 Å². The van der Waals surface area contributed by atoms with E-state index in [-0.39, 0.29) is 17.2 Å². The number of amides is 1. The van der Waals surface area contributed by atoms with E-state index in [9.17, 15) is 9.59 Å². The molecule has 0 bridgehead atoms. The van der Waals surface area contributed by atoms with Crippen LogP contribution in [0.5, 0.6) is 5.75 Å². The van der Waals surface area contributed by atoms with Crippen molar-refractivity contribution in [2.75, 3.05) is 19.4 Å². The summed E-state index contributed by atoms with van der Waals surface area (Å²) < 4.78 is 6.77. The number of thioether (sulfide) groups is 1. The van der Waals surface area contributed by atoms with Gasteiger partial charge in [0.1, 0.15) is 5.75 Å². The van der Waals surface area contributed by atoms with Crippen LogP contribution in [0.25, 0.3) is 16.6 Å². The second-order valence-electron chi connectivity index (χ2n) is 7.81. The fraction of sp³-hybridized carbons (Fsp3) is 0.222. The maximum absolute atomic E-state index is 13.3. The minimum absolute atomic E-state index is 0.103. The normalized spacial score (nSPS) is 10.9. The number of benzene rings is 3. The number of aryl methyl sites for hydroxylation is 1. The summed E-state index contributed by atoms with van der Waals surface area (Å²) >= 11 is 1.26. The third-order valence-electron chi connectivity index (χ3n) is 5.57. The Labute approximate surface area is 203 Å². The summed E-state index contributed by atoms with van der Waals surface area (Å²) in [6.45, 7) is 2.62. The highest BCUT2D eigenvalue weighted by Gasteiger charge is 2.15.